The molecular formula is C16H18ClFN2O2. The number of amides is 2. The number of likely N-dealkylation sites (tertiary alicyclic amines) is 1. The van der Waals surface area contributed by atoms with Gasteiger partial charge in [-0.3, -0.25) is 9.59 Å². The van der Waals surface area contributed by atoms with E-state index in [0.717, 1.165) is 32.2 Å². The smallest absolute Gasteiger partial charge is 0.229 e. The van der Waals surface area contributed by atoms with Crippen LogP contribution in [0.2, 0.25) is 5.02 Å². The van der Waals surface area contributed by atoms with Crippen LogP contribution in [0.25, 0.3) is 0 Å². The molecule has 1 saturated heterocycles. The van der Waals surface area contributed by atoms with Gasteiger partial charge in [-0.25, -0.2) is 4.39 Å². The van der Waals surface area contributed by atoms with E-state index in [1.54, 1.807) is 0 Å². The van der Waals surface area contributed by atoms with E-state index in [0.29, 0.717) is 12.2 Å². The predicted octanol–water partition coefficient (Wildman–Crippen LogP) is 3.07. The molecule has 2 fully saturated rings. The van der Waals surface area contributed by atoms with Crippen LogP contribution in [-0.4, -0.2) is 29.8 Å². The lowest BCUT2D eigenvalue weighted by Crippen LogP contribution is -2.44. The zero-order valence-electron chi connectivity index (χ0n) is 12.1. The van der Waals surface area contributed by atoms with Crippen LogP contribution >= 0.6 is 11.6 Å². The monoisotopic (exact) mass is 324 g/mol. The first kappa shape index (κ1) is 15.3. The van der Waals surface area contributed by atoms with Crippen LogP contribution in [0.15, 0.2) is 18.2 Å². The third kappa shape index (κ3) is 3.40. The summed E-state index contributed by atoms with van der Waals surface area (Å²) >= 11 is 5.71. The maximum atomic E-state index is 13.1. The van der Waals surface area contributed by atoms with Crippen LogP contribution in [-0.2, 0) is 9.59 Å². The van der Waals surface area contributed by atoms with Gasteiger partial charge in [-0.2, -0.15) is 0 Å². The highest BCUT2D eigenvalue weighted by atomic mass is 35.5. The molecule has 1 aliphatic heterocycles. The molecule has 22 heavy (non-hydrogen) atoms. The molecule has 4 nitrogen and oxygen atoms in total. The van der Waals surface area contributed by atoms with E-state index in [4.69, 9.17) is 11.6 Å². The van der Waals surface area contributed by atoms with Crippen molar-refractivity contribution in [3.05, 3.63) is 29.0 Å². The number of hydrogen-bond acceptors (Lipinski definition) is 2. The summed E-state index contributed by atoms with van der Waals surface area (Å²) < 4.78 is 13.1. The molecule has 0 radical (unpaired) electrons. The Hall–Kier alpha value is -1.62. The van der Waals surface area contributed by atoms with Crippen molar-refractivity contribution in [2.45, 2.75) is 25.7 Å². The maximum Gasteiger partial charge on any atom is 0.229 e. The zero-order chi connectivity index (χ0) is 15.7. The molecule has 1 aromatic rings. The van der Waals surface area contributed by atoms with E-state index < -0.39 is 5.82 Å². The molecule has 1 atom stereocenters. The summed E-state index contributed by atoms with van der Waals surface area (Å²) in [6, 6.07) is 4.10. The molecule has 1 aromatic carbocycles. The number of carbonyl (C=O) groups excluding carboxylic acids is 2. The second-order valence-corrected chi connectivity index (χ2v) is 6.42. The van der Waals surface area contributed by atoms with Gasteiger partial charge in [0.1, 0.15) is 5.82 Å². The Balaban J connectivity index is 1.61. The Bertz CT molecular complexity index is 604. The number of halogens is 2. The van der Waals surface area contributed by atoms with E-state index in [9.17, 15) is 14.0 Å². The highest BCUT2D eigenvalue weighted by Crippen LogP contribution is 2.32. The largest absolute Gasteiger partial charge is 0.342 e. The number of nitrogens with one attached hydrogen (secondary N) is 1. The first-order valence-corrected chi connectivity index (χ1v) is 7.97. The molecular weight excluding hydrogens is 307 g/mol. The number of nitrogens with zero attached hydrogens (tertiary/aromatic N) is 1. The van der Waals surface area contributed by atoms with Gasteiger partial charge in [0, 0.05) is 24.7 Å². The second-order valence-electron chi connectivity index (χ2n) is 6.02. The van der Waals surface area contributed by atoms with Crippen LogP contribution < -0.4 is 5.32 Å². The minimum atomic E-state index is -0.515. The predicted molar refractivity (Wildman–Crippen MR) is 82.1 cm³/mol. The maximum absolute atomic E-state index is 13.1. The molecule has 2 amide bonds. The Labute approximate surface area is 133 Å². The average Bonchev–Trinajstić information content (AvgIpc) is 3.35. The van der Waals surface area contributed by atoms with Crippen LogP contribution in [0.5, 0.6) is 0 Å². The standard InChI is InChI=1S/C16H18ClFN2O2/c17-13-8-12(5-6-14(13)18)19-15(21)11-2-1-7-20(9-11)16(22)10-3-4-10/h5-6,8,10-11H,1-4,7,9H2,(H,19,21). The van der Waals surface area contributed by atoms with Crippen molar-refractivity contribution < 1.29 is 14.0 Å². The highest BCUT2D eigenvalue weighted by Gasteiger charge is 2.36. The van der Waals surface area contributed by atoms with Gasteiger partial charge in [-0.15, -0.1) is 0 Å². The van der Waals surface area contributed by atoms with Crippen molar-refractivity contribution in [2.24, 2.45) is 11.8 Å². The molecule has 0 bridgehead atoms. The quantitative estimate of drug-likeness (QED) is 0.929. The molecule has 3 rings (SSSR count). The molecule has 0 spiro atoms. The van der Waals surface area contributed by atoms with Gasteiger partial charge in [0.15, 0.2) is 0 Å². The Kier molecular flexibility index (Phi) is 4.34. The van der Waals surface area contributed by atoms with Gasteiger partial charge in [0.05, 0.1) is 10.9 Å². The molecule has 1 heterocycles. The summed E-state index contributed by atoms with van der Waals surface area (Å²) in [4.78, 5) is 26.2. The summed E-state index contributed by atoms with van der Waals surface area (Å²) in [5.74, 6) is -0.519. The van der Waals surface area contributed by atoms with Gasteiger partial charge in [-0.05, 0) is 43.9 Å². The van der Waals surface area contributed by atoms with Crippen molar-refractivity contribution in [2.75, 3.05) is 18.4 Å². The molecule has 1 unspecified atom stereocenters. The second kappa shape index (κ2) is 6.24. The fourth-order valence-corrected chi connectivity index (χ4v) is 2.98. The topological polar surface area (TPSA) is 49.4 Å². The third-order valence-corrected chi connectivity index (χ3v) is 4.51. The SMILES string of the molecule is O=C(Nc1ccc(F)c(Cl)c1)C1CCCN(C(=O)C2CC2)C1. The van der Waals surface area contributed by atoms with Gasteiger partial charge in [-0.1, -0.05) is 11.6 Å². The lowest BCUT2D eigenvalue weighted by molar-refractivity contribution is -0.135. The van der Waals surface area contributed by atoms with E-state index in [-0.39, 0.29) is 28.7 Å². The van der Waals surface area contributed by atoms with E-state index in [1.165, 1.54) is 18.2 Å². The van der Waals surface area contributed by atoms with Crippen LogP contribution in [0.1, 0.15) is 25.7 Å². The Morgan fingerprint density at radius 2 is 2.00 bits per heavy atom. The minimum Gasteiger partial charge on any atom is -0.342 e. The van der Waals surface area contributed by atoms with Crippen molar-refractivity contribution in [1.82, 2.24) is 4.90 Å². The van der Waals surface area contributed by atoms with Crippen LogP contribution in [0.4, 0.5) is 10.1 Å². The van der Waals surface area contributed by atoms with E-state index in [2.05, 4.69) is 5.32 Å². The normalized spacial score (nSPS) is 21.5. The molecule has 1 N–H and O–H groups in total. The average molecular weight is 325 g/mol. The number of hydrogen-bond donors (Lipinski definition) is 1. The molecule has 2 aliphatic rings. The molecule has 1 aliphatic carbocycles. The van der Waals surface area contributed by atoms with Crippen molar-refractivity contribution in [3.8, 4) is 0 Å². The minimum absolute atomic E-state index is 0.0213. The lowest BCUT2D eigenvalue weighted by atomic mass is 9.96. The van der Waals surface area contributed by atoms with Gasteiger partial charge < -0.3 is 10.2 Å². The van der Waals surface area contributed by atoms with Crippen molar-refractivity contribution in [3.63, 3.8) is 0 Å². The summed E-state index contributed by atoms with van der Waals surface area (Å²) in [7, 11) is 0. The zero-order valence-corrected chi connectivity index (χ0v) is 12.9. The van der Waals surface area contributed by atoms with E-state index in [1.807, 2.05) is 4.90 Å². The first-order chi connectivity index (χ1) is 10.5. The molecule has 118 valence electrons. The summed E-state index contributed by atoms with van der Waals surface area (Å²) in [5.41, 5.74) is 0.474. The van der Waals surface area contributed by atoms with Crippen molar-refractivity contribution in [1.29, 1.82) is 0 Å². The van der Waals surface area contributed by atoms with E-state index >= 15 is 0 Å². The lowest BCUT2D eigenvalue weighted by Gasteiger charge is -2.32. The highest BCUT2D eigenvalue weighted by molar-refractivity contribution is 6.31. The van der Waals surface area contributed by atoms with Crippen molar-refractivity contribution >= 4 is 29.1 Å². The number of anilines is 1. The molecule has 6 heteroatoms. The number of piperidine rings is 1. The Morgan fingerprint density at radius 1 is 1.23 bits per heavy atom. The summed E-state index contributed by atoms with van der Waals surface area (Å²) in [5, 5.41) is 2.73. The number of carbonyl (C=O) groups is 2. The summed E-state index contributed by atoms with van der Waals surface area (Å²) in [6.45, 7) is 1.21. The van der Waals surface area contributed by atoms with Gasteiger partial charge in [0.25, 0.3) is 0 Å². The third-order valence-electron chi connectivity index (χ3n) is 4.22. The van der Waals surface area contributed by atoms with Gasteiger partial charge in [0.2, 0.25) is 11.8 Å². The van der Waals surface area contributed by atoms with Crippen LogP contribution in [0, 0.1) is 17.7 Å². The molecule has 1 saturated carbocycles. The fraction of sp³-hybridized carbons (Fsp3) is 0.500. The Morgan fingerprint density at radius 3 is 2.68 bits per heavy atom. The number of benzene rings is 1. The summed E-state index contributed by atoms with van der Waals surface area (Å²) in [6.07, 6.45) is 3.54. The van der Waals surface area contributed by atoms with Crippen LogP contribution in [0.3, 0.4) is 0 Å². The van der Waals surface area contributed by atoms with Gasteiger partial charge >= 0.3 is 0 Å². The fourth-order valence-electron chi connectivity index (χ4n) is 2.80. The number of rotatable bonds is 3. The first-order valence-electron chi connectivity index (χ1n) is 7.59. The molecule has 0 aromatic heterocycles.